The van der Waals surface area contributed by atoms with Crippen LogP contribution in [-0.4, -0.2) is 43.1 Å². The van der Waals surface area contributed by atoms with E-state index in [9.17, 15) is 8.42 Å². The second kappa shape index (κ2) is 5.24. The molecule has 0 amide bonds. The predicted octanol–water partition coefficient (Wildman–Crippen LogP) is 1.23. The Morgan fingerprint density at radius 1 is 1.39 bits per heavy atom. The van der Waals surface area contributed by atoms with E-state index in [1.807, 2.05) is 19.1 Å². The van der Waals surface area contributed by atoms with E-state index in [-0.39, 0.29) is 0 Å². The number of sulfonamides is 1. The molecule has 2 heterocycles. The molecule has 0 spiro atoms. The Bertz CT molecular complexity index is 508. The van der Waals surface area contributed by atoms with E-state index in [2.05, 4.69) is 10.3 Å². The molecule has 0 aromatic carbocycles. The molecule has 1 N–H and O–H groups in total. The first-order valence-corrected chi connectivity index (χ1v) is 7.94. The molecule has 1 aromatic heterocycles. The minimum Gasteiger partial charge on any atom is -0.367 e. The molecule has 0 atom stereocenters. The van der Waals surface area contributed by atoms with Gasteiger partial charge in [-0.3, -0.25) is 0 Å². The second-order valence-electron chi connectivity index (χ2n) is 4.80. The van der Waals surface area contributed by atoms with Gasteiger partial charge in [0.2, 0.25) is 10.0 Å². The zero-order chi connectivity index (χ0) is 13.2. The first kappa shape index (κ1) is 13.3. The fourth-order valence-electron chi connectivity index (χ4n) is 2.16. The van der Waals surface area contributed by atoms with Crippen molar-refractivity contribution in [2.24, 2.45) is 0 Å². The average molecular weight is 269 g/mol. The molecular formula is C12H19N3O2S. The van der Waals surface area contributed by atoms with Gasteiger partial charge in [0.25, 0.3) is 0 Å². The summed E-state index contributed by atoms with van der Waals surface area (Å²) in [7, 11) is -3.04. The van der Waals surface area contributed by atoms with Crippen molar-refractivity contribution < 1.29 is 8.42 Å². The topological polar surface area (TPSA) is 62.3 Å². The van der Waals surface area contributed by atoms with Crippen molar-refractivity contribution in [3.63, 3.8) is 0 Å². The number of anilines is 1. The molecule has 6 heteroatoms. The summed E-state index contributed by atoms with van der Waals surface area (Å²) < 4.78 is 24.3. The van der Waals surface area contributed by atoms with Crippen molar-refractivity contribution in [2.75, 3.05) is 24.7 Å². The zero-order valence-electron chi connectivity index (χ0n) is 10.8. The number of pyridine rings is 1. The van der Waals surface area contributed by atoms with Gasteiger partial charge in [-0.1, -0.05) is 0 Å². The highest BCUT2D eigenvalue weighted by atomic mass is 32.2. The summed E-state index contributed by atoms with van der Waals surface area (Å²) in [5.74, 6) is 0.868. The first-order chi connectivity index (χ1) is 8.45. The van der Waals surface area contributed by atoms with E-state index in [1.165, 1.54) is 16.1 Å². The summed E-state index contributed by atoms with van der Waals surface area (Å²) >= 11 is 0. The zero-order valence-corrected chi connectivity index (χ0v) is 11.6. The molecule has 0 aliphatic carbocycles. The summed E-state index contributed by atoms with van der Waals surface area (Å²) in [6.45, 7) is 3.20. The van der Waals surface area contributed by atoms with Gasteiger partial charge in [0.15, 0.2) is 0 Å². The lowest BCUT2D eigenvalue weighted by Crippen LogP contribution is -2.41. The van der Waals surface area contributed by atoms with Crippen LogP contribution in [0.15, 0.2) is 18.3 Å². The number of nitrogens with one attached hydrogen (secondary N) is 1. The van der Waals surface area contributed by atoms with Crippen LogP contribution in [0.5, 0.6) is 0 Å². The van der Waals surface area contributed by atoms with Gasteiger partial charge in [-0.15, -0.1) is 0 Å². The summed E-state index contributed by atoms with van der Waals surface area (Å²) in [5, 5.41) is 3.36. The Morgan fingerprint density at radius 2 is 2.06 bits per heavy atom. The van der Waals surface area contributed by atoms with Crippen molar-refractivity contribution in [3.8, 4) is 0 Å². The van der Waals surface area contributed by atoms with Crippen molar-refractivity contribution in [3.05, 3.63) is 23.9 Å². The number of hydrogen-bond donors (Lipinski definition) is 1. The molecule has 2 rings (SSSR count). The van der Waals surface area contributed by atoms with Crippen LogP contribution in [0.3, 0.4) is 0 Å². The molecule has 0 unspecified atom stereocenters. The average Bonchev–Trinajstić information content (AvgIpc) is 2.28. The number of aromatic nitrogens is 1. The molecule has 1 fully saturated rings. The minimum absolute atomic E-state index is 0.303. The Kier molecular flexibility index (Phi) is 3.87. The first-order valence-electron chi connectivity index (χ1n) is 6.09. The third-order valence-corrected chi connectivity index (χ3v) is 4.49. The molecule has 0 bridgehead atoms. The lowest BCUT2D eigenvalue weighted by atomic mass is 10.1. The van der Waals surface area contributed by atoms with Crippen molar-refractivity contribution in [1.82, 2.24) is 9.29 Å². The monoisotopic (exact) mass is 269 g/mol. The SMILES string of the molecule is Cc1ccnc(NC2CCN(S(C)(=O)=O)CC2)c1. The van der Waals surface area contributed by atoms with Gasteiger partial charge < -0.3 is 5.32 Å². The van der Waals surface area contributed by atoms with E-state index in [4.69, 9.17) is 0 Å². The van der Waals surface area contributed by atoms with Crippen LogP contribution in [0.4, 0.5) is 5.82 Å². The summed E-state index contributed by atoms with van der Waals surface area (Å²) in [4.78, 5) is 4.26. The van der Waals surface area contributed by atoms with Gasteiger partial charge in [-0.05, 0) is 37.5 Å². The normalized spacial score (nSPS) is 18.8. The molecule has 1 aliphatic heterocycles. The fraction of sp³-hybridized carbons (Fsp3) is 0.583. The van der Waals surface area contributed by atoms with Crippen LogP contribution in [0.2, 0.25) is 0 Å². The number of hydrogen-bond acceptors (Lipinski definition) is 4. The van der Waals surface area contributed by atoms with E-state index in [1.54, 1.807) is 6.20 Å². The van der Waals surface area contributed by atoms with Crippen LogP contribution in [0.1, 0.15) is 18.4 Å². The Hall–Kier alpha value is -1.14. The fourth-order valence-corrected chi connectivity index (χ4v) is 3.03. The van der Waals surface area contributed by atoms with Gasteiger partial charge in [0.1, 0.15) is 5.82 Å². The van der Waals surface area contributed by atoms with Crippen molar-refractivity contribution >= 4 is 15.8 Å². The standard InChI is InChI=1S/C12H19N3O2S/c1-10-3-6-13-12(9-10)14-11-4-7-15(8-5-11)18(2,16)17/h3,6,9,11H,4-5,7-8H2,1-2H3,(H,13,14). The maximum absolute atomic E-state index is 11.4. The maximum atomic E-state index is 11.4. The van der Waals surface area contributed by atoms with Crippen molar-refractivity contribution in [1.29, 1.82) is 0 Å². The molecule has 0 saturated carbocycles. The van der Waals surface area contributed by atoms with Crippen LogP contribution in [0.25, 0.3) is 0 Å². The quantitative estimate of drug-likeness (QED) is 0.896. The van der Waals surface area contributed by atoms with Crippen LogP contribution >= 0.6 is 0 Å². The third kappa shape index (κ3) is 3.43. The lowest BCUT2D eigenvalue weighted by molar-refractivity contribution is 0.331. The van der Waals surface area contributed by atoms with Crippen LogP contribution in [0, 0.1) is 6.92 Å². The highest BCUT2D eigenvalue weighted by molar-refractivity contribution is 7.88. The molecular weight excluding hydrogens is 250 g/mol. The van der Waals surface area contributed by atoms with Gasteiger partial charge in [-0.2, -0.15) is 0 Å². The maximum Gasteiger partial charge on any atom is 0.211 e. The minimum atomic E-state index is -3.04. The van der Waals surface area contributed by atoms with Crippen molar-refractivity contribution in [2.45, 2.75) is 25.8 Å². The summed E-state index contributed by atoms with van der Waals surface area (Å²) in [5.41, 5.74) is 1.17. The molecule has 1 aromatic rings. The number of nitrogens with zero attached hydrogens (tertiary/aromatic N) is 2. The van der Waals surface area contributed by atoms with Gasteiger partial charge in [-0.25, -0.2) is 17.7 Å². The largest absolute Gasteiger partial charge is 0.367 e. The van der Waals surface area contributed by atoms with Gasteiger partial charge in [0, 0.05) is 25.3 Å². The van der Waals surface area contributed by atoms with Gasteiger partial charge in [0.05, 0.1) is 6.26 Å². The molecule has 18 heavy (non-hydrogen) atoms. The van der Waals surface area contributed by atoms with Crippen LogP contribution in [-0.2, 0) is 10.0 Å². The Labute approximate surface area is 108 Å². The van der Waals surface area contributed by atoms with Crippen LogP contribution < -0.4 is 5.32 Å². The smallest absolute Gasteiger partial charge is 0.211 e. The summed E-state index contributed by atoms with van der Waals surface area (Å²) in [6.07, 6.45) is 4.69. The molecule has 1 saturated heterocycles. The predicted molar refractivity (Wildman–Crippen MR) is 72.0 cm³/mol. The van der Waals surface area contributed by atoms with E-state index >= 15 is 0 Å². The number of aryl methyl sites for hydroxylation is 1. The Morgan fingerprint density at radius 3 is 2.61 bits per heavy atom. The number of rotatable bonds is 3. The molecule has 100 valence electrons. The molecule has 1 aliphatic rings. The highest BCUT2D eigenvalue weighted by Crippen LogP contribution is 2.17. The van der Waals surface area contributed by atoms with E-state index in [0.717, 1.165) is 18.7 Å². The van der Waals surface area contributed by atoms with Gasteiger partial charge >= 0.3 is 0 Å². The number of piperidine rings is 1. The lowest BCUT2D eigenvalue weighted by Gasteiger charge is -2.30. The van der Waals surface area contributed by atoms with E-state index in [0.29, 0.717) is 19.1 Å². The second-order valence-corrected chi connectivity index (χ2v) is 6.78. The summed E-state index contributed by atoms with van der Waals surface area (Å²) in [6, 6.07) is 4.26. The van der Waals surface area contributed by atoms with E-state index < -0.39 is 10.0 Å². The highest BCUT2D eigenvalue weighted by Gasteiger charge is 2.24. The third-order valence-electron chi connectivity index (χ3n) is 3.19. The Balaban J connectivity index is 1.91. The molecule has 5 nitrogen and oxygen atoms in total. The molecule has 0 radical (unpaired) electrons.